The van der Waals surface area contributed by atoms with Crippen LogP contribution in [-0.2, 0) is 16.4 Å². The van der Waals surface area contributed by atoms with Gasteiger partial charge in [0.05, 0.1) is 11.5 Å². The largest absolute Gasteiger partial charge is 0.366 e. The van der Waals surface area contributed by atoms with Crippen LogP contribution in [0.1, 0.15) is 24.5 Å². The van der Waals surface area contributed by atoms with Crippen molar-refractivity contribution < 1.29 is 8.42 Å². The number of hydrogen-bond donors (Lipinski definition) is 1. The average molecular weight is 360 g/mol. The van der Waals surface area contributed by atoms with Crippen LogP contribution in [0.3, 0.4) is 0 Å². The van der Waals surface area contributed by atoms with Gasteiger partial charge in [-0.1, -0.05) is 29.8 Å². The lowest BCUT2D eigenvalue weighted by Crippen LogP contribution is -2.36. The highest BCUT2D eigenvalue weighted by molar-refractivity contribution is 7.91. The van der Waals surface area contributed by atoms with Crippen LogP contribution < -0.4 is 10.2 Å². The lowest BCUT2D eigenvalue weighted by Gasteiger charge is -2.28. The monoisotopic (exact) mass is 360 g/mol. The Balaban J connectivity index is 1.70. The summed E-state index contributed by atoms with van der Waals surface area (Å²) in [6, 6.07) is 10.2. The predicted molar refractivity (Wildman–Crippen MR) is 101 cm³/mol. The molecule has 1 saturated heterocycles. The first-order valence-electron chi connectivity index (χ1n) is 8.55. The third kappa shape index (κ3) is 4.48. The highest BCUT2D eigenvalue weighted by atomic mass is 32.2. The SMILES string of the molecule is CCN(c1cc(NCc2ccc(C)cc2)ncn1)C1CCS(=O)(=O)C1. The fraction of sp³-hybridized carbons (Fsp3) is 0.444. The van der Waals surface area contributed by atoms with Crippen LogP contribution in [0.25, 0.3) is 0 Å². The second-order valence-corrected chi connectivity index (χ2v) is 8.67. The van der Waals surface area contributed by atoms with E-state index < -0.39 is 9.84 Å². The molecular weight excluding hydrogens is 336 g/mol. The minimum Gasteiger partial charge on any atom is -0.366 e. The lowest BCUT2D eigenvalue weighted by molar-refractivity contribution is 0.599. The highest BCUT2D eigenvalue weighted by Crippen LogP contribution is 2.24. The third-order valence-electron chi connectivity index (χ3n) is 4.53. The molecule has 2 aromatic rings. The van der Waals surface area contributed by atoms with Gasteiger partial charge in [0.2, 0.25) is 0 Å². The van der Waals surface area contributed by atoms with Crippen molar-refractivity contribution in [3.8, 4) is 0 Å². The smallest absolute Gasteiger partial charge is 0.152 e. The summed E-state index contributed by atoms with van der Waals surface area (Å²) in [6.07, 6.45) is 2.19. The molecule has 2 heterocycles. The molecule has 1 fully saturated rings. The number of sulfone groups is 1. The molecule has 134 valence electrons. The number of anilines is 2. The van der Waals surface area contributed by atoms with Crippen molar-refractivity contribution in [3.05, 3.63) is 47.8 Å². The second-order valence-electron chi connectivity index (χ2n) is 6.44. The Labute approximate surface area is 149 Å². The fourth-order valence-corrected chi connectivity index (χ4v) is 4.86. The Hall–Kier alpha value is -2.15. The molecule has 0 aliphatic carbocycles. The minimum atomic E-state index is -2.92. The molecule has 6 nitrogen and oxygen atoms in total. The summed E-state index contributed by atoms with van der Waals surface area (Å²) in [7, 11) is -2.92. The number of hydrogen-bond acceptors (Lipinski definition) is 6. The zero-order valence-electron chi connectivity index (χ0n) is 14.6. The summed E-state index contributed by atoms with van der Waals surface area (Å²) in [6.45, 7) is 5.48. The number of rotatable bonds is 6. The summed E-state index contributed by atoms with van der Waals surface area (Å²) in [4.78, 5) is 10.7. The molecule has 0 spiro atoms. The van der Waals surface area contributed by atoms with Crippen molar-refractivity contribution in [2.24, 2.45) is 0 Å². The average Bonchev–Trinajstić information content (AvgIpc) is 2.95. The maximum Gasteiger partial charge on any atom is 0.152 e. The van der Waals surface area contributed by atoms with Crippen LogP contribution in [0.4, 0.5) is 11.6 Å². The van der Waals surface area contributed by atoms with Crippen LogP contribution in [0, 0.1) is 6.92 Å². The van der Waals surface area contributed by atoms with Gasteiger partial charge in [0, 0.05) is 25.2 Å². The summed E-state index contributed by atoms with van der Waals surface area (Å²) < 4.78 is 23.5. The summed E-state index contributed by atoms with van der Waals surface area (Å²) in [5.74, 6) is 1.98. The molecule has 0 saturated carbocycles. The number of benzene rings is 1. The first-order chi connectivity index (χ1) is 12.0. The summed E-state index contributed by atoms with van der Waals surface area (Å²) in [5.41, 5.74) is 2.41. The Morgan fingerprint density at radius 1 is 1.24 bits per heavy atom. The van der Waals surface area contributed by atoms with Crippen molar-refractivity contribution >= 4 is 21.5 Å². The lowest BCUT2D eigenvalue weighted by atomic mass is 10.1. The second kappa shape index (κ2) is 7.39. The van der Waals surface area contributed by atoms with Crippen LogP contribution in [0.5, 0.6) is 0 Å². The van der Waals surface area contributed by atoms with E-state index in [9.17, 15) is 8.42 Å². The molecule has 3 rings (SSSR count). The van der Waals surface area contributed by atoms with E-state index in [0.717, 1.165) is 11.6 Å². The zero-order valence-corrected chi connectivity index (χ0v) is 15.5. The van der Waals surface area contributed by atoms with Gasteiger partial charge in [-0.05, 0) is 25.8 Å². The molecule has 0 radical (unpaired) electrons. The maximum atomic E-state index is 11.8. The Bertz CT molecular complexity index is 821. The van der Waals surface area contributed by atoms with Gasteiger partial charge in [-0.3, -0.25) is 0 Å². The fourth-order valence-electron chi connectivity index (χ4n) is 3.13. The number of nitrogens with zero attached hydrogens (tertiary/aromatic N) is 3. The van der Waals surface area contributed by atoms with Crippen LogP contribution in [-0.4, -0.2) is 42.5 Å². The van der Waals surface area contributed by atoms with Crippen LogP contribution >= 0.6 is 0 Å². The van der Waals surface area contributed by atoms with Gasteiger partial charge in [-0.2, -0.15) is 0 Å². The van der Waals surface area contributed by atoms with Crippen molar-refractivity contribution in [3.63, 3.8) is 0 Å². The van der Waals surface area contributed by atoms with Gasteiger partial charge < -0.3 is 10.2 Å². The molecule has 1 aromatic carbocycles. The van der Waals surface area contributed by atoms with Gasteiger partial charge in [-0.15, -0.1) is 0 Å². The quantitative estimate of drug-likeness (QED) is 0.853. The maximum absolute atomic E-state index is 11.8. The van der Waals surface area contributed by atoms with E-state index >= 15 is 0 Å². The molecule has 1 aliphatic rings. The van der Waals surface area contributed by atoms with Gasteiger partial charge in [0.15, 0.2) is 9.84 Å². The first-order valence-corrected chi connectivity index (χ1v) is 10.4. The predicted octanol–water partition coefficient (Wildman–Crippen LogP) is 2.41. The van der Waals surface area contributed by atoms with Crippen molar-refractivity contribution in [1.82, 2.24) is 9.97 Å². The van der Waals surface area contributed by atoms with Crippen molar-refractivity contribution in [2.75, 3.05) is 28.3 Å². The first kappa shape index (κ1) is 17.7. The molecule has 0 amide bonds. The molecule has 1 N–H and O–H groups in total. The molecule has 25 heavy (non-hydrogen) atoms. The van der Waals surface area contributed by atoms with Crippen molar-refractivity contribution in [2.45, 2.75) is 32.9 Å². The van der Waals surface area contributed by atoms with Crippen LogP contribution in [0.2, 0.25) is 0 Å². The molecule has 1 atom stereocenters. The van der Waals surface area contributed by atoms with E-state index in [-0.39, 0.29) is 17.5 Å². The van der Waals surface area contributed by atoms with E-state index in [1.807, 2.05) is 13.0 Å². The Morgan fingerprint density at radius 2 is 2.00 bits per heavy atom. The van der Waals surface area contributed by atoms with Crippen LogP contribution in [0.15, 0.2) is 36.7 Å². The van der Waals surface area contributed by atoms with Gasteiger partial charge in [0.25, 0.3) is 0 Å². The minimum absolute atomic E-state index is 0.00477. The van der Waals surface area contributed by atoms with Gasteiger partial charge in [0.1, 0.15) is 18.0 Å². The molecule has 1 aliphatic heterocycles. The number of aromatic nitrogens is 2. The summed E-state index contributed by atoms with van der Waals surface area (Å²) in [5, 5.41) is 3.31. The third-order valence-corrected chi connectivity index (χ3v) is 6.28. The topological polar surface area (TPSA) is 75.2 Å². The Kier molecular flexibility index (Phi) is 5.22. The van der Waals surface area contributed by atoms with E-state index in [2.05, 4.69) is 51.4 Å². The standard InChI is InChI=1S/C18H24N4O2S/c1-3-22(16-8-9-25(23,24)12-16)18-10-17(20-13-21-18)19-11-15-6-4-14(2)5-7-15/h4-7,10,13,16H,3,8-9,11-12H2,1-2H3,(H,19,20,21). The molecule has 1 unspecified atom stereocenters. The van der Waals surface area contributed by atoms with E-state index in [1.54, 1.807) is 0 Å². The molecule has 1 aromatic heterocycles. The number of aryl methyl sites for hydroxylation is 1. The molecular formula is C18H24N4O2S. The Morgan fingerprint density at radius 3 is 2.64 bits per heavy atom. The molecule has 7 heteroatoms. The highest BCUT2D eigenvalue weighted by Gasteiger charge is 2.32. The zero-order chi connectivity index (χ0) is 17.9. The van der Waals surface area contributed by atoms with Gasteiger partial charge in [-0.25, -0.2) is 18.4 Å². The van der Waals surface area contributed by atoms with Gasteiger partial charge >= 0.3 is 0 Å². The summed E-state index contributed by atoms with van der Waals surface area (Å²) >= 11 is 0. The van der Waals surface area contributed by atoms with Crippen molar-refractivity contribution in [1.29, 1.82) is 0 Å². The molecule has 0 bridgehead atoms. The normalized spacial score (nSPS) is 18.9. The van der Waals surface area contributed by atoms with E-state index in [1.165, 1.54) is 17.5 Å². The van der Waals surface area contributed by atoms with E-state index in [4.69, 9.17) is 0 Å². The van der Waals surface area contributed by atoms with E-state index in [0.29, 0.717) is 19.5 Å². The number of nitrogens with one attached hydrogen (secondary N) is 1.